The Morgan fingerprint density at radius 2 is 1.56 bits per heavy atom. The molecule has 0 aliphatic carbocycles. The summed E-state index contributed by atoms with van der Waals surface area (Å²) in [5, 5.41) is 2.35. The number of hydrogen-bond donors (Lipinski definition) is 0. The van der Waals surface area contributed by atoms with Crippen molar-refractivity contribution in [2.45, 2.75) is 6.61 Å². The normalized spacial score (nSPS) is 10.4. The van der Waals surface area contributed by atoms with Crippen LogP contribution in [0, 0.1) is 0 Å². The number of hydrogen-bond acceptors (Lipinski definition) is 2. The van der Waals surface area contributed by atoms with Crippen LogP contribution in [-0.2, 0) is 6.61 Å². The maximum absolute atomic E-state index is 5.68. The van der Waals surface area contributed by atoms with Gasteiger partial charge in [0, 0.05) is 11.6 Å². The Labute approximate surface area is 106 Å². The Morgan fingerprint density at radius 1 is 0.833 bits per heavy atom. The van der Waals surface area contributed by atoms with Gasteiger partial charge in [-0.1, -0.05) is 42.5 Å². The van der Waals surface area contributed by atoms with Crippen LogP contribution in [0.4, 0.5) is 0 Å². The Morgan fingerprint density at radius 3 is 2.39 bits per heavy atom. The molecule has 0 saturated heterocycles. The van der Waals surface area contributed by atoms with Gasteiger partial charge in [0.25, 0.3) is 0 Å². The van der Waals surface area contributed by atoms with Crippen molar-refractivity contribution in [2.75, 3.05) is 0 Å². The van der Waals surface area contributed by atoms with Crippen molar-refractivity contribution >= 4 is 10.8 Å². The van der Waals surface area contributed by atoms with E-state index in [0.29, 0.717) is 6.61 Å². The van der Waals surface area contributed by atoms with Crippen LogP contribution in [0.5, 0.6) is 5.75 Å². The highest BCUT2D eigenvalue weighted by Crippen LogP contribution is 2.15. The van der Waals surface area contributed by atoms with Crippen LogP contribution in [0.3, 0.4) is 0 Å². The van der Waals surface area contributed by atoms with Crippen molar-refractivity contribution in [1.29, 1.82) is 0 Å². The molecule has 2 heteroatoms. The summed E-state index contributed by atoms with van der Waals surface area (Å²) in [5.74, 6) is 0.868. The smallest absolute Gasteiger partial charge is 0.130 e. The van der Waals surface area contributed by atoms with Crippen molar-refractivity contribution in [1.82, 2.24) is 4.98 Å². The fourth-order valence-corrected chi connectivity index (χ4v) is 1.88. The number of ether oxygens (including phenoxy) is 1. The average molecular weight is 235 g/mol. The molecular weight excluding hydrogens is 222 g/mol. The van der Waals surface area contributed by atoms with Gasteiger partial charge in [0.15, 0.2) is 0 Å². The molecule has 0 atom stereocenters. The van der Waals surface area contributed by atoms with Crippen LogP contribution in [0.1, 0.15) is 5.69 Å². The second kappa shape index (κ2) is 4.88. The quantitative estimate of drug-likeness (QED) is 0.688. The van der Waals surface area contributed by atoms with Crippen LogP contribution in [0.25, 0.3) is 10.8 Å². The van der Waals surface area contributed by atoms with E-state index in [2.05, 4.69) is 23.2 Å². The average Bonchev–Trinajstić information content (AvgIpc) is 2.46. The number of benzene rings is 2. The Kier molecular flexibility index (Phi) is 2.92. The molecule has 0 unspecified atom stereocenters. The Bertz CT molecular complexity index is 649. The molecule has 0 spiro atoms. The van der Waals surface area contributed by atoms with Gasteiger partial charge in [-0.2, -0.15) is 0 Å². The van der Waals surface area contributed by atoms with E-state index in [4.69, 9.17) is 4.74 Å². The van der Waals surface area contributed by atoms with Gasteiger partial charge in [-0.3, -0.25) is 4.98 Å². The molecule has 0 fully saturated rings. The van der Waals surface area contributed by atoms with Crippen molar-refractivity contribution in [3.8, 4) is 5.75 Å². The summed E-state index contributed by atoms with van der Waals surface area (Å²) in [4.78, 5) is 4.40. The first-order chi connectivity index (χ1) is 8.92. The Balaban J connectivity index is 1.79. The van der Waals surface area contributed by atoms with Crippen LogP contribution in [-0.4, -0.2) is 4.98 Å². The second-order valence-electron chi connectivity index (χ2n) is 4.12. The molecule has 88 valence electrons. The molecule has 18 heavy (non-hydrogen) atoms. The zero-order valence-electron chi connectivity index (χ0n) is 9.91. The monoisotopic (exact) mass is 235 g/mol. The first kappa shape index (κ1) is 10.8. The van der Waals surface area contributed by atoms with E-state index < -0.39 is 0 Å². The van der Waals surface area contributed by atoms with E-state index in [1.54, 1.807) is 0 Å². The first-order valence-corrected chi connectivity index (χ1v) is 5.93. The highest BCUT2D eigenvalue weighted by atomic mass is 16.5. The van der Waals surface area contributed by atoms with Crippen molar-refractivity contribution < 1.29 is 4.74 Å². The SMILES string of the molecule is c1ccc(OCc2cc3ccccc3cn2)cc1. The lowest BCUT2D eigenvalue weighted by molar-refractivity contribution is 0.301. The van der Waals surface area contributed by atoms with Crippen LogP contribution < -0.4 is 4.74 Å². The summed E-state index contributed by atoms with van der Waals surface area (Å²) in [7, 11) is 0. The lowest BCUT2D eigenvalue weighted by atomic mass is 10.1. The molecule has 2 nitrogen and oxygen atoms in total. The summed E-state index contributed by atoms with van der Waals surface area (Å²) in [5.41, 5.74) is 0.942. The van der Waals surface area contributed by atoms with E-state index in [0.717, 1.165) is 16.8 Å². The van der Waals surface area contributed by atoms with Crippen molar-refractivity contribution in [3.05, 3.63) is 72.6 Å². The van der Waals surface area contributed by atoms with E-state index in [1.807, 2.05) is 48.7 Å². The summed E-state index contributed by atoms with van der Waals surface area (Å²) >= 11 is 0. The molecule has 0 radical (unpaired) electrons. The molecule has 0 N–H and O–H groups in total. The highest BCUT2D eigenvalue weighted by Gasteiger charge is 1.99. The zero-order valence-corrected chi connectivity index (χ0v) is 9.91. The maximum Gasteiger partial charge on any atom is 0.130 e. The van der Waals surface area contributed by atoms with Crippen molar-refractivity contribution in [3.63, 3.8) is 0 Å². The number of aromatic nitrogens is 1. The molecular formula is C16H13NO. The third kappa shape index (κ3) is 2.33. The number of rotatable bonds is 3. The predicted octanol–water partition coefficient (Wildman–Crippen LogP) is 3.81. The molecule has 1 heterocycles. The van der Waals surface area contributed by atoms with E-state index >= 15 is 0 Å². The van der Waals surface area contributed by atoms with E-state index in [-0.39, 0.29) is 0 Å². The summed E-state index contributed by atoms with van der Waals surface area (Å²) in [6.45, 7) is 0.495. The van der Waals surface area contributed by atoms with Gasteiger partial charge in [0.05, 0.1) is 5.69 Å². The van der Waals surface area contributed by atoms with Gasteiger partial charge in [-0.05, 0) is 23.6 Å². The number of nitrogens with zero attached hydrogens (tertiary/aromatic N) is 1. The van der Waals surface area contributed by atoms with Gasteiger partial charge >= 0.3 is 0 Å². The first-order valence-electron chi connectivity index (χ1n) is 5.93. The fraction of sp³-hybridized carbons (Fsp3) is 0.0625. The lowest BCUT2D eigenvalue weighted by Gasteiger charge is -2.06. The van der Waals surface area contributed by atoms with Gasteiger partial charge in [-0.15, -0.1) is 0 Å². The molecule has 0 aliphatic rings. The molecule has 0 bridgehead atoms. The minimum Gasteiger partial charge on any atom is -0.487 e. The third-order valence-corrected chi connectivity index (χ3v) is 2.82. The summed E-state index contributed by atoms with van der Waals surface area (Å²) < 4.78 is 5.68. The minimum atomic E-state index is 0.495. The standard InChI is InChI=1S/C16H13NO/c1-2-8-16(9-3-1)18-12-15-10-13-6-4-5-7-14(13)11-17-15/h1-11H,12H2. The van der Waals surface area contributed by atoms with Crippen LogP contribution in [0.2, 0.25) is 0 Å². The minimum absolute atomic E-state index is 0.495. The number of para-hydroxylation sites is 1. The highest BCUT2D eigenvalue weighted by molar-refractivity contribution is 5.81. The second-order valence-corrected chi connectivity index (χ2v) is 4.12. The van der Waals surface area contributed by atoms with E-state index in [9.17, 15) is 0 Å². The molecule has 0 aliphatic heterocycles. The Hall–Kier alpha value is -2.35. The van der Waals surface area contributed by atoms with Crippen molar-refractivity contribution in [2.24, 2.45) is 0 Å². The zero-order chi connectivity index (χ0) is 12.2. The maximum atomic E-state index is 5.68. The summed E-state index contributed by atoms with van der Waals surface area (Å²) in [6, 6.07) is 20.1. The number of fused-ring (bicyclic) bond motifs is 1. The molecule has 0 amide bonds. The van der Waals surface area contributed by atoms with Crippen LogP contribution >= 0.6 is 0 Å². The topological polar surface area (TPSA) is 22.1 Å². The number of pyridine rings is 1. The molecule has 0 saturated carbocycles. The molecule has 1 aromatic heterocycles. The van der Waals surface area contributed by atoms with Crippen LogP contribution in [0.15, 0.2) is 66.9 Å². The van der Waals surface area contributed by atoms with Gasteiger partial charge in [-0.25, -0.2) is 0 Å². The predicted molar refractivity (Wildman–Crippen MR) is 72.5 cm³/mol. The van der Waals surface area contributed by atoms with Gasteiger partial charge < -0.3 is 4.74 Å². The summed E-state index contributed by atoms with van der Waals surface area (Å²) in [6.07, 6.45) is 1.89. The molecule has 3 rings (SSSR count). The lowest BCUT2D eigenvalue weighted by Crippen LogP contribution is -1.97. The molecule has 2 aromatic carbocycles. The third-order valence-electron chi connectivity index (χ3n) is 2.82. The van der Waals surface area contributed by atoms with Gasteiger partial charge in [0.1, 0.15) is 12.4 Å². The largest absolute Gasteiger partial charge is 0.487 e. The van der Waals surface area contributed by atoms with E-state index in [1.165, 1.54) is 5.39 Å². The fourth-order valence-electron chi connectivity index (χ4n) is 1.88. The molecule has 3 aromatic rings. The van der Waals surface area contributed by atoms with Gasteiger partial charge in [0.2, 0.25) is 0 Å².